The van der Waals surface area contributed by atoms with Gasteiger partial charge in [0.25, 0.3) is 0 Å². The predicted molar refractivity (Wildman–Crippen MR) is 194 cm³/mol. The van der Waals surface area contributed by atoms with Crippen molar-refractivity contribution in [1.82, 2.24) is 0 Å². The Hall–Kier alpha value is -3.06. The average molecular weight is 755 g/mol. The second kappa shape index (κ2) is 34.7. The topological polar surface area (TPSA) is 154 Å². The zero-order valence-corrected chi connectivity index (χ0v) is 30.9. The molecule has 15 nitrogen and oxygen atoms in total. The molecule has 0 aliphatic rings. The highest BCUT2D eigenvalue weighted by molar-refractivity contribution is 6.04. The first-order valence-corrected chi connectivity index (χ1v) is 18.0. The Morgan fingerprint density at radius 1 is 0.396 bits per heavy atom. The molecule has 0 amide bonds. The maximum Gasteiger partial charge on any atom is 0.338 e. The number of rotatable bonds is 38. The van der Waals surface area contributed by atoms with Crippen molar-refractivity contribution < 1.29 is 71.2 Å². The number of carbonyl (C=O) groups is 2. The lowest BCUT2D eigenvalue weighted by molar-refractivity contribution is -0.139. The molecule has 0 spiro atoms. The van der Waals surface area contributed by atoms with Crippen LogP contribution in [0.2, 0.25) is 0 Å². The van der Waals surface area contributed by atoms with Crippen LogP contribution in [0.1, 0.15) is 10.4 Å². The van der Waals surface area contributed by atoms with E-state index in [4.69, 9.17) is 61.6 Å². The smallest absolute Gasteiger partial charge is 0.338 e. The summed E-state index contributed by atoms with van der Waals surface area (Å²) in [5.74, 6) is -0.823. The number of fused-ring (bicyclic) bond motifs is 1. The SMILES string of the molecule is C=CC(=O)OCCOCCOCCOCCOCCOCCOCCOCCOCCOCCOCCOCCOC(=O)c1cccc2ccccc12. The van der Waals surface area contributed by atoms with Gasteiger partial charge in [-0.3, -0.25) is 0 Å². The Morgan fingerprint density at radius 3 is 1.06 bits per heavy atom. The van der Waals surface area contributed by atoms with Gasteiger partial charge in [-0.2, -0.15) is 0 Å². The third-order valence-corrected chi connectivity index (χ3v) is 6.83. The van der Waals surface area contributed by atoms with E-state index in [0.29, 0.717) is 151 Å². The van der Waals surface area contributed by atoms with Crippen molar-refractivity contribution in [1.29, 1.82) is 0 Å². The summed E-state index contributed by atoms with van der Waals surface area (Å²) < 4.78 is 70.0. The van der Waals surface area contributed by atoms with E-state index in [1.54, 1.807) is 6.07 Å². The van der Waals surface area contributed by atoms with Gasteiger partial charge in [-0.15, -0.1) is 0 Å². The summed E-state index contributed by atoms with van der Waals surface area (Å²) in [6.07, 6.45) is 1.11. The summed E-state index contributed by atoms with van der Waals surface area (Å²) >= 11 is 0. The lowest BCUT2D eigenvalue weighted by Crippen LogP contribution is -2.16. The number of esters is 2. The Morgan fingerprint density at radius 2 is 0.698 bits per heavy atom. The summed E-state index contributed by atoms with van der Waals surface area (Å²) in [6.45, 7) is 13.6. The highest BCUT2D eigenvalue weighted by Crippen LogP contribution is 2.19. The molecule has 0 bridgehead atoms. The van der Waals surface area contributed by atoms with E-state index < -0.39 is 5.97 Å². The molecule has 300 valence electrons. The zero-order chi connectivity index (χ0) is 37.7. The summed E-state index contributed by atoms with van der Waals surface area (Å²) in [5.41, 5.74) is 0.549. The largest absolute Gasteiger partial charge is 0.460 e. The van der Waals surface area contributed by atoms with E-state index >= 15 is 0 Å². The Kier molecular flexibility index (Phi) is 30.2. The van der Waals surface area contributed by atoms with Crippen LogP contribution in [0, 0.1) is 0 Å². The normalized spacial score (nSPS) is 11.2. The first kappa shape index (κ1) is 46.1. The lowest BCUT2D eigenvalue weighted by Gasteiger charge is -2.09. The first-order chi connectivity index (χ1) is 26.2. The molecule has 0 atom stereocenters. The Balaban J connectivity index is 1.17. The fourth-order valence-corrected chi connectivity index (χ4v) is 4.24. The molecule has 2 rings (SSSR count). The van der Waals surface area contributed by atoms with Crippen LogP contribution in [0.3, 0.4) is 0 Å². The van der Waals surface area contributed by atoms with Gasteiger partial charge in [0.2, 0.25) is 0 Å². The van der Waals surface area contributed by atoms with Gasteiger partial charge in [0, 0.05) is 6.08 Å². The summed E-state index contributed by atoms with van der Waals surface area (Å²) in [5, 5.41) is 1.87. The van der Waals surface area contributed by atoms with Gasteiger partial charge in [0.05, 0.1) is 151 Å². The fraction of sp³-hybridized carbons (Fsp3) is 0.632. The number of hydrogen-bond acceptors (Lipinski definition) is 15. The minimum absolute atomic E-state index is 0.177. The zero-order valence-electron chi connectivity index (χ0n) is 30.9. The highest BCUT2D eigenvalue weighted by Gasteiger charge is 2.10. The minimum atomic E-state index is -0.464. The van der Waals surface area contributed by atoms with Crippen molar-refractivity contribution in [3.05, 3.63) is 60.7 Å². The summed E-state index contributed by atoms with van der Waals surface area (Å²) in [6, 6.07) is 13.3. The molecule has 0 fully saturated rings. The second-order valence-corrected chi connectivity index (χ2v) is 10.8. The van der Waals surface area contributed by atoms with Crippen LogP contribution in [0.25, 0.3) is 10.8 Å². The van der Waals surface area contributed by atoms with Crippen molar-refractivity contribution in [2.75, 3.05) is 159 Å². The molecule has 2 aromatic carbocycles. The van der Waals surface area contributed by atoms with Gasteiger partial charge in [-0.25, -0.2) is 9.59 Å². The Bertz CT molecular complexity index is 1180. The third-order valence-electron chi connectivity index (χ3n) is 6.83. The van der Waals surface area contributed by atoms with E-state index in [2.05, 4.69) is 6.58 Å². The number of hydrogen-bond donors (Lipinski definition) is 0. The van der Waals surface area contributed by atoms with Gasteiger partial charge in [0.1, 0.15) is 13.2 Å². The van der Waals surface area contributed by atoms with Crippen molar-refractivity contribution in [3.63, 3.8) is 0 Å². The van der Waals surface area contributed by atoms with Crippen LogP contribution in [0.5, 0.6) is 0 Å². The molecule has 2 aromatic rings. The first-order valence-electron chi connectivity index (χ1n) is 18.0. The monoisotopic (exact) mass is 754 g/mol. The third kappa shape index (κ3) is 26.4. The maximum absolute atomic E-state index is 12.4. The molecule has 0 heterocycles. The van der Waals surface area contributed by atoms with E-state index in [0.717, 1.165) is 16.8 Å². The number of carbonyl (C=O) groups excluding carboxylic acids is 2. The van der Waals surface area contributed by atoms with E-state index in [-0.39, 0.29) is 19.2 Å². The van der Waals surface area contributed by atoms with Crippen LogP contribution in [0.15, 0.2) is 55.1 Å². The molecule has 0 aromatic heterocycles. The molecule has 15 heteroatoms. The van der Waals surface area contributed by atoms with E-state index in [1.165, 1.54) is 0 Å². The van der Waals surface area contributed by atoms with Crippen LogP contribution in [-0.2, 0) is 66.4 Å². The molecule has 0 saturated carbocycles. The molecule has 0 radical (unpaired) electrons. The number of ether oxygens (including phenoxy) is 13. The summed E-state index contributed by atoms with van der Waals surface area (Å²) in [7, 11) is 0. The quantitative estimate of drug-likeness (QED) is 0.0561. The van der Waals surface area contributed by atoms with Gasteiger partial charge in [0.15, 0.2) is 0 Å². The van der Waals surface area contributed by atoms with Crippen LogP contribution in [0.4, 0.5) is 0 Å². The van der Waals surface area contributed by atoms with Gasteiger partial charge < -0.3 is 61.6 Å². The van der Waals surface area contributed by atoms with Gasteiger partial charge in [-0.05, 0) is 16.8 Å². The second-order valence-electron chi connectivity index (χ2n) is 10.8. The molecule has 0 saturated heterocycles. The van der Waals surface area contributed by atoms with Crippen molar-refractivity contribution in [2.24, 2.45) is 0 Å². The van der Waals surface area contributed by atoms with Crippen LogP contribution in [-0.4, -0.2) is 171 Å². The molecule has 53 heavy (non-hydrogen) atoms. The summed E-state index contributed by atoms with van der Waals surface area (Å²) in [4.78, 5) is 23.2. The van der Waals surface area contributed by atoms with Gasteiger partial charge in [-0.1, -0.05) is 43.0 Å². The standard InChI is InChI=1S/C38H58O15/c1-2-37(39)52-32-30-50-28-26-48-24-22-46-20-18-44-16-14-42-12-10-41-11-13-43-15-17-45-19-21-47-23-25-49-27-29-51-31-33-53-38(40)36-9-5-7-34-6-3-4-8-35(34)36/h2-9H,1,10-33H2. The molecule has 0 N–H and O–H groups in total. The van der Waals surface area contributed by atoms with Gasteiger partial charge >= 0.3 is 11.9 Å². The lowest BCUT2D eigenvalue weighted by atomic mass is 10.1. The van der Waals surface area contributed by atoms with Crippen LogP contribution < -0.4 is 0 Å². The molecule has 0 unspecified atom stereocenters. The van der Waals surface area contributed by atoms with E-state index in [1.807, 2.05) is 36.4 Å². The number of benzene rings is 2. The highest BCUT2D eigenvalue weighted by atomic mass is 16.6. The van der Waals surface area contributed by atoms with Crippen molar-refractivity contribution in [2.45, 2.75) is 0 Å². The van der Waals surface area contributed by atoms with E-state index in [9.17, 15) is 9.59 Å². The average Bonchev–Trinajstić information content (AvgIpc) is 3.18. The van der Waals surface area contributed by atoms with Crippen molar-refractivity contribution in [3.8, 4) is 0 Å². The molecule has 0 aliphatic heterocycles. The fourth-order valence-electron chi connectivity index (χ4n) is 4.24. The van der Waals surface area contributed by atoms with Crippen LogP contribution >= 0.6 is 0 Å². The molecule has 0 aliphatic carbocycles. The Labute approximate surface area is 312 Å². The maximum atomic E-state index is 12.4. The predicted octanol–water partition coefficient (Wildman–Crippen LogP) is 2.91. The molecular weight excluding hydrogens is 696 g/mol. The van der Waals surface area contributed by atoms with Crippen molar-refractivity contribution >= 4 is 22.7 Å². The molecular formula is C38H58O15. The minimum Gasteiger partial charge on any atom is -0.460 e.